The van der Waals surface area contributed by atoms with Crippen LogP contribution < -0.4 is 0 Å². The molecule has 0 bridgehead atoms. The number of carbonyl (C=O) groups excluding carboxylic acids is 1. The summed E-state index contributed by atoms with van der Waals surface area (Å²) < 4.78 is 0. The summed E-state index contributed by atoms with van der Waals surface area (Å²) in [6.07, 6.45) is 2.28. The standard InChI is InChI=1S/C9H8N2O/c1-7(5-10)9-4-8(6-12)2-3-11-9/h2-4,6-7H,1H3. The molecule has 1 aromatic rings. The Balaban J connectivity index is 3.03. The molecule has 0 N–H and O–H groups in total. The van der Waals surface area contributed by atoms with Gasteiger partial charge in [-0.25, -0.2) is 0 Å². The molecule has 12 heavy (non-hydrogen) atoms. The van der Waals surface area contributed by atoms with Crippen LogP contribution >= 0.6 is 0 Å². The van der Waals surface area contributed by atoms with Crippen molar-refractivity contribution in [2.24, 2.45) is 0 Å². The topological polar surface area (TPSA) is 53.8 Å². The number of aromatic nitrogens is 1. The molecule has 1 atom stereocenters. The molecule has 60 valence electrons. The van der Waals surface area contributed by atoms with E-state index < -0.39 is 0 Å². The van der Waals surface area contributed by atoms with Crippen molar-refractivity contribution in [3.8, 4) is 6.07 Å². The number of aldehydes is 1. The summed E-state index contributed by atoms with van der Waals surface area (Å²) in [4.78, 5) is 14.3. The van der Waals surface area contributed by atoms with Crippen molar-refractivity contribution >= 4 is 6.29 Å². The van der Waals surface area contributed by atoms with Crippen molar-refractivity contribution in [3.05, 3.63) is 29.6 Å². The summed E-state index contributed by atoms with van der Waals surface area (Å²) in [5, 5.41) is 8.57. The minimum atomic E-state index is -0.259. The molecule has 0 aliphatic rings. The average molecular weight is 160 g/mol. The van der Waals surface area contributed by atoms with Gasteiger partial charge in [-0.05, 0) is 19.1 Å². The highest BCUT2D eigenvalue weighted by Crippen LogP contribution is 2.11. The lowest BCUT2D eigenvalue weighted by Crippen LogP contribution is -1.94. The van der Waals surface area contributed by atoms with E-state index in [1.54, 1.807) is 19.1 Å². The highest BCUT2D eigenvalue weighted by Gasteiger charge is 2.04. The summed E-state index contributed by atoms with van der Waals surface area (Å²) in [6.45, 7) is 1.75. The highest BCUT2D eigenvalue weighted by molar-refractivity contribution is 5.74. The van der Waals surface area contributed by atoms with Gasteiger partial charge in [0.05, 0.1) is 17.7 Å². The van der Waals surface area contributed by atoms with Crippen LogP contribution in [0.4, 0.5) is 0 Å². The number of pyridine rings is 1. The molecule has 0 saturated carbocycles. The van der Waals surface area contributed by atoms with Gasteiger partial charge in [0, 0.05) is 11.8 Å². The molecule has 0 aliphatic carbocycles. The summed E-state index contributed by atoms with van der Waals surface area (Å²) in [5.41, 5.74) is 1.20. The summed E-state index contributed by atoms with van der Waals surface area (Å²) in [7, 11) is 0. The van der Waals surface area contributed by atoms with Crippen LogP contribution in [0.5, 0.6) is 0 Å². The maximum Gasteiger partial charge on any atom is 0.150 e. The minimum absolute atomic E-state index is 0.259. The molecule has 1 rings (SSSR count). The predicted molar refractivity (Wildman–Crippen MR) is 43.7 cm³/mol. The second kappa shape index (κ2) is 3.63. The molecule has 1 unspecified atom stereocenters. The normalized spacial score (nSPS) is 11.7. The first kappa shape index (κ1) is 8.41. The fourth-order valence-electron chi connectivity index (χ4n) is 0.842. The molecule has 3 heteroatoms. The van der Waals surface area contributed by atoms with E-state index >= 15 is 0 Å². The monoisotopic (exact) mass is 160 g/mol. The molecule has 1 heterocycles. The smallest absolute Gasteiger partial charge is 0.150 e. The van der Waals surface area contributed by atoms with Gasteiger partial charge in [0.1, 0.15) is 6.29 Å². The van der Waals surface area contributed by atoms with E-state index in [0.717, 1.165) is 6.29 Å². The first-order valence-electron chi connectivity index (χ1n) is 3.58. The third-order valence-corrected chi connectivity index (χ3v) is 1.58. The van der Waals surface area contributed by atoms with Crippen LogP contribution in [-0.2, 0) is 0 Å². The Morgan fingerprint density at radius 1 is 1.75 bits per heavy atom. The zero-order valence-electron chi connectivity index (χ0n) is 6.69. The van der Waals surface area contributed by atoms with Gasteiger partial charge in [-0.15, -0.1) is 0 Å². The van der Waals surface area contributed by atoms with Crippen LogP contribution in [0.15, 0.2) is 18.3 Å². The number of nitriles is 1. The summed E-state index contributed by atoms with van der Waals surface area (Å²) in [5.74, 6) is -0.259. The maximum absolute atomic E-state index is 10.4. The molecule has 0 aliphatic heterocycles. The Morgan fingerprint density at radius 3 is 3.08 bits per heavy atom. The van der Waals surface area contributed by atoms with Crippen molar-refractivity contribution in [1.82, 2.24) is 4.98 Å². The molecule has 0 amide bonds. The fraction of sp³-hybridized carbons (Fsp3) is 0.222. The summed E-state index contributed by atoms with van der Waals surface area (Å²) in [6, 6.07) is 5.29. The SMILES string of the molecule is CC(C#N)c1cc(C=O)ccn1. The largest absolute Gasteiger partial charge is 0.298 e. The molecule has 0 aromatic carbocycles. The van der Waals surface area contributed by atoms with Gasteiger partial charge < -0.3 is 0 Å². The molecular formula is C9H8N2O. The predicted octanol–water partition coefficient (Wildman–Crippen LogP) is 1.52. The second-order valence-corrected chi connectivity index (χ2v) is 2.48. The van der Waals surface area contributed by atoms with Crippen molar-refractivity contribution in [1.29, 1.82) is 5.26 Å². The third kappa shape index (κ3) is 1.67. The lowest BCUT2D eigenvalue weighted by atomic mass is 10.1. The minimum Gasteiger partial charge on any atom is -0.298 e. The van der Waals surface area contributed by atoms with Gasteiger partial charge in [0.25, 0.3) is 0 Å². The van der Waals surface area contributed by atoms with Crippen molar-refractivity contribution < 1.29 is 4.79 Å². The van der Waals surface area contributed by atoms with E-state index in [1.165, 1.54) is 6.20 Å². The molecule has 3 nitrogen and oxygen atoms in total. The third-order valence-electron chi connectivity index (χ3n) is 1.58. The van der Waals surface area contributed by atoms with Crippen LogP contribution in [0, 0.1) is 11.3 Å². The zero-order chi connectivity index (χ0) is 8.97. The lowest BCUT2D eigenvalue weighted by Gasteiger charge is -2.00. The molecular weight excluding hydrogens is 152 g/mol. The lowest BCUT2D eigenvalue weighted by molar-refractivity contribution is 0.112. The van der Waals surface area contributed by atoms with Crippen LogP contribution in [-0.4, -0.2) is 11.3 Å². The van der Waals surface area contributed by atoms with E-state index in [0.29, 0.717) is 11.3 Å². The number of carbonyl (C=O) groups is 1. The maximum atomic E-state index is 10.4. The Labute approximate surface area is 70.7 Å². The van der Waals surface area contributed by atoms with Crippen LogP contribution in [0.25, 0.3) is 0 Å². The van der Waals surface area contributed by atoms with E-state index in [1.807, 2.05) is 0 Å². The van der Waals surface area contributed by atoms with E-state index in [9.17, 15) is 4.79 Å². The Morgan fingerprint density at radius 2 is 2.50 bits per heavy atom. The molecule has 0 radical (unpaired) electrons. The first-order valence-corrected chi connectivity index (χ1v) is 3.58. The van der Waals surface area contributed by atoms with Gasteiger partial charge in [-0.1, -0.05) is 0 Å². The van der Waals surface area contributed by atoms with Gasteiger partial charge in [-0.2, -0.15) is 5.26 Å². The number of rotatable bonds is 2. The van der Waals surface area contributed by atoms with Gasteiger partial charge in [-0.3, -0.25) is 9.78 Å². The summed E-state index contributed by atoms with van der Waals surface area (Å²) >= 11 is 0. The van der Waals surface area contributed by atoms with Crippen molar-refractivity contribution in [2.75, 3.05) is 0 Å². The highest BCUT2D eigenvalue weighted by atomic mass is 16.1. The molecule has 0 spiro atoms. The van der Waals surface area contributed by atoms with Crippen molar-refractivity contribution in [2.45, 2.75) is 12.8 Å². The van der Waals surface area contributed by atoms with Crippen LogP contribution in [0.2, 0.25) is 0 Å². The van der Waals surface area contributed by atoms with Gasteiger partial charge >= 0.3 is 0 Å². The molecule has 0 saturated heterocycles. The van der Waals surface area contributed by atoms with E-state index in [-0.39, 0.29) is 5.92 Å². The zero-order valence-corrected chi connectivity index (χ0v) is 6.69. The Hall–Kier alpha value is -1.69. The van der Waals surface area contributed by atoms with Gasteiger partial charge in [0.2, 0.25) is 0 Å². The van der Waals surface area contributed by atoms with Gasteiger partial charge in [0.15, 0.2) is 0 Å². The first-order chi connectivity index (χ1) is 5.77. The molecule has 1 aromatic heterocycles. The van der Waals surface area contributed by atoms with E-state index in [4.69, 9.17) is 5.26 Å². The Bertz CT molecular complexity index is 328. The molecule has 0 fully saturated rings. The van der Waals surface area contributed by atoms with Crippen LogP contribution in [0.1, 0.15) is 28.9 Å². The number of hydrogen-bond acceptors (Lipinski definition) is 3. The fourth-order valence-corrected chi connectivity index (χ4v) is 0.842. The average Bonchev–Trinajstić information content (AvgIpc) is 2.17. The number of hydrogen-bond donors (Lipinski definition) is 0. The Kier molecular flexibility index (Phi) is 2.54. The second-order valence-electron chi connectivity index (χ2n) is 2.48. The van der Waals surface area contributed by atoms with E-state index in [2.05, 4.69) is 11.1 Å². The quantitative estimate of drug-likeness (QED) is 0.616. The number of nitrogens with zero attached hydrogens (tertiary/aromatic N) is 2. The van der Waals surface area contributed by atoms with Crippen LogP contribution in [0.3, 0.4) is 0 Å². The van der Waals surface area contributed by atoms with Crippen molar-refractivity contribution in [3.63, 3.8) is 0 Å².